The molecule has 1 aromatic carbocycles. The van der Waals surface area contributed by atoms with Gasteiger partial charge in [0.2, 0.25) is 0 Å². The Labute approximate surface area is 124 Å². The van der Waals surface area contributed by atoms with Crippen molar-refractivity contribution in [2.75, 3.05) is 13.2 Å². The summed E-state index contributed by atoms with van der Waals surface area (Å²) in [6.45, 7) is -0.769. The molecule has 9 heteroatoms. The monoisotopic (exact) mass is 316 g/mol. The quantitative estimate of drug-likeness (QED) is 0.286. The molecule has 2 rings (SSSR count). The van der Waals surface area contributed by atoms with Gasteiger partial charge in [0.1, 0.15) is 18.3 Å². The van der Waals surface area contributed by atoms with E-state index < -0.39 is 54.2 Å². The third-order valence-electron chi connectivity index (χ3n) is 3.31. The van der Waals surface area contributed by atoms with Crippen molar-refractivity contribution >= 4 is 5.97 Å². The first-order valence-corrected chi connectivity index (χ1v) is 6.39. The lowest BCUT2D eigenvalue weighted by Gasteiger charge is -2.36. The van der Waals surface area contributed by atoms with Gasteiger partial charge in [-0.15, -0.1) is 0 Å². The Morgan fingerprint density at radius 2 is 1.82 bits per heavy atom. The molecule has 6 N–H and O–H groups in total. The van der Waals surface area contributed by atoms with E-state index in [1.807, 2.05) is 0 Å². The SMILES string of the molecule is O=C(O[C@H]1[C@H](O)[C@@H](CO)OC[C@@H]1O)c1cc(O)c(O)c(O)c1. The summed E-state index contributed by atoms with van der Waals surface area (Å²) in [5, 5.41) is 56.5. The van der Waals surface area contributed by atoms with Crippen LogP contribution in [-0.2, 0) is 9.47 Å². The molecule has 0 saturated carbocycles. The molecule has 4 atom stereocenters. The smallest absolute Gasteiger partial charge is 0.338 e. The summed E-state index contributed by atoms with van der Waals surface area (Å²) >= 11 is 0. The number of aromatic hydroxyl groups is 3. The van der Waals surface area contributed by atoms with Gasteiger partial charge in [0.05, 0.1) is 18.8 Å². The van der Waals surface area contributed by atoms with Crippen LogP contribution in [0.5, 0.6) is 17.2 Å². The predicted molar refractivity (Wildman–Crippen MR) is 69.5 cm³/mol. The van der Waals surface area contributed by atoms with E-state index in [-0.39, 0.29) is 12.2 Å². The number of aliphatic hydroxyl groups is 3. The van der Waals surface area contributed by atoms with Crippen LogP contribution in [0.2, 0.25) is 0 Å². The standard InChI is InChI=1S/C13H16O9/c14-3-9-11(19)12(8(17)4-21-9)22-13(20)5-1-6(15)10(18)7(16)2-5/h1-2,8-9,11-12,14-19H,3-4H2/t8-,9+,11+,12+/m0/s1. The minimum absolute atomic E-state index is 0.244. The molecule has 1 fully saturated rings. The molecule has 0 aromatic heterocycles. The van der Waals surface area contributed by atoms with E-state index in [1.165, 1.54) is 0 Å². The molecule has 1 aliphatic rings. The van der Waals surface area contributed by atoms with Gasteiger partial charge in [-0.2, -0.15) is 0 Å². The second kappa shape index (κ2) is 6.36. The number of hydrogen-bond acceptors (Lipinski definition) is 9. The zero-order valence-corrected chi connectivity index (χ0v) is 11.3. The highest BCUT2D eigenvalue weighted by molar-refractivity contribution is 5.91. The Morgan fingerprint density at radius 1 is 1.23 bits per heavy atom. The van der Waals surface area contributed by atoms with Crippen LogP contribution in [-0.4, -0.2) is 74.2 Å². The summed E-state index contributed by atoms with van der Waals surface area (Å²) in [6, 6.07) is 1.72. The maximum atomic E-state index is 12.0. The lowest BCUT2D eigenvalue weighted by Crippen LogP contribution is -2.55. The van der Waals surface area contributed by atoms with Crippen LogP contribution < -0.4 is 0 Å². The zero-order chi connectivity index (χ0) is 16.4. The minimum Gasteiger partial charge on any atom is -0.504 e. The highest BCUT2D eigenvalue weighted by atomic mass is 16.6. The van der Waals surface area contributed by atoms with E-state index in [1.54, 1.807) is 0 Å². The Balaban J connectivity index is 2.17. The number of aliphatic hydroxyl groups excluding tert-OH is 3. The third kappa shape index (κ3) is 3.07. The minimum atomic E-state index is -1.45. The lowest BCUT2D eigenvalue weighted by atomic mass is 10.00. The number of esters is 1. The third-order valence-corrected chi connectivity index (χ3v) is 3.31. The molecule has 0 amide bonds. The van der Waals surface area contributed by atoms with Crippen molar-refractivity contribution in [2.45, 2.75) is 24.4 Å². The fraction of sp³-hybridized carbons (Fsp3) is 0.462. The number of carbonyl (C=O) groups excluding carboxylic acids is 1. The van der Waals surface area contributed by atoms with Gasteiger partial charge in [-0.1, -0.05) is 0 Å². The molecule has 1 aromatic rings. The Morgan fingerprint density at radius 3 is 2.36 bits per heavy atom. The molecule has 0 aliphatic carbocycles. The van der Waals surface area contributed by atoms with Crippen LogP contribution in [0, 0.1) is 0 Å². The van der Waals surface area contributed by atoms with Gasteiger partial charge in [-0.05, 0) is 12.1 Å². The van der Waals surface area contributed by atoms with Crippen molar-refractivity contribution < 1.29 is 44.9 Å². The zero-order valence-electron chi connectivity index (χ0n) is 11.3. The van der Waals surface area contributed by atoms with Crippen LogP contribution in [0.1, 0.15) is 10.4 Å². The summed E-state index contributed by atoms with van der Waals surface area (Å²) in [6.07, 6.45) is -5.11. The molecule has 0 bridgehead atoms. The molecular formula is C13H16O9. The van der Waals surface area contributed by atoms with Gasteiger partial charge in [0, 0.05) is 0 Å². The van der Waals surface area contributed by atoms with E-state index in [0.29, 0.717) is 0 Å². The second-order valence-corrected chi connectivity index (χ2v) is 4.85. The molecule has 1 heterocycles. The van der Waals surface area contributed by atoms with Crippen molar-refractivity contribution in [3.8, 4) is 17.2 Å². The van der Waals surface area contributed by atoms with Crippen molar-refractivity contribution in [1.29, 1.82) is 0 Å². The van der Waals surface area contributed by atoms with Crippen LogP contribution in [0.25, 0.3) is 0 Å². The average Bonchev–Trinajstić information content (AvgIpc) is 2.48. The Bertz CT molecular complexity index is 535. The number of rotatable bonds is 3. The molecule has 22 heavy (non-hydrogen) atoms. The van der Waals surface area contributed by atoms with E-state index in [0.717, 1.165) is 12.1 Å². The fourth-order valence-electron chi connectivity index (χ4n) is 2.08. The van der Waals surface area contributed by atoms with Crippen molar-refractivity contribution in [3.63, 3.8) is 0 Å². The van der Waals surface area contributed by atoms with Crippen molar-refractivity contribution in [2.24, 2.45) is 0 Å². The first-order chi connectivity index (χ1) is 10.3. The number of phenolic OH excluding ortho intramolecular Hbond substituents is 3. The Hall–Kier alpha value is -2.07. The summed E-state index contributed by atoms with van der Waals surface area (Å²) in [5.74, 6) is -3.29. The average molecular weight is 316 g/mol. The highest BCUT2D eigenvalue weighted by Crippen LogP contribution is 2.35. The molecule has 1 saturated heterocycles. The molecular weight excluding hydrogens is 300 g/mol. The first kappa shape index (κ1) is 16.3. The van der Waals surface area contributed by atoms with Crippen molar-refractivity contribution in [3.05, 3.63) is 17.7 Å². The van der Waals surface area contributed by atoms with Gasteiger partial charge in [0.15, 0.2) is 23.4 Å². The van der Waals surface area contributed by atoms with Crippen LogP contribution in [0.4, 0.5) is 0 Å². The van der Waals surface area contributed by atoms with Gasteiger partial charge in [-0.25, -0.2) is 4.79 Å². The molecule has 0 radical (unpaired) electrons. The largest absolute Gasteiger partial charge is 0.504 e. The van der Waals surface area contributed by atoms with Crippen LogP contribution >= 0.6 is 0 Å². The topological polar surface area (TPSA) is 157 Å². The molecule has 9 nitrogen and oxygen atoms in total. The molecule has 122 valence electrons. The normalized spacial score (nSPS) is 28.3. The fourth-order valence-corrected chi connectivity index (χ4v) is 2.08. The van der Waals surface area contributed by atoms with Gasteiger partial charge >= 0.3 is 5.97 Å². The lowest BCUT2D eigenvalue weighted by molar-refractivity contribution is -0.196. The number of benzene rings is 1. The number of phenols is 3. The summed E-state index contributed by atoms with van der Waals surface area (Å²) < 4.78 is 9.92. The van der Waals surface area contributed by atoms with Gasteiger partial charge < -0.3 is 40.1 Å². The first-order valence-electron chi connectivity index (χ1n) is 6.39. The number of ether oxygens (including phenoxy) is 2. The van der Waals surface area contributed by atoms with Crippen LogP contribution in [0.3, 0.4) is 0 Å². The molecule has 1 aliphatic heterocycles. The second-order valence-electron chi connectivity index (χ2n) is 4.85. The van der Waals surface area contributed by atoms with E-state index in [2.05, 4.69) is 0 Å². The summed E-state index contributed by atoms with van der Waals surface area (Å²) in [5.41, 5.74) is -0.292. The molecule has 0 unspecified atom stereocenters. The van der Waals surface area contributed by atoms with Crippen LogP contribution in [0.15, 0.2) is 12.1 Å². The van der Waals surface area contributed by atoms with Crippen molar-refractivity contribution in [1.82, 2.24) is 0 Å². The van der Waals surface area contributed by atoms with Gasteiger partial charge in [-0.3, -0.25) is 0 Å². The highest BCUT2D eigenvalue weighted by Gasteiger charge is 2.41. The maximum absolute atomic E-state index is 12.0. The summed E-state index contributed by atoms with van der Waals surface area (Å²) in [7, 11) is 0. The maximum Gasteiger partial charge on any atom is 0.338 e. The van der Waals surface area contributed by atoms with E-state index >= 15 is 0 Å². The van der Waals surface area contributed by atoms with Gasteiger partial charge in [0.25, 0.3) is 0 Å². The van der Waals surface area contributed by atoms with E-state index in [9.17, 15) is 30.3 Å². The summed E-state index contributed by atoms with van der Waals surface area (Å²) in [4.78, 5) is 12.0. The molecule has 0 spiro atoms. The van der Waals surface area contributed by atoms with E-state index in [4.69, 9.17) is 14.6 Å². The number of carbonyl (C=O) groups is 1. The number of hydrogen-bond donors (Lipinski definition) is 6. The predicted octanol–water partition coefficient (Wildman–Crippen LogP) is -1.56. The Kier molecular flexibility index (Phi) is 4.71.